The van der Waals surface area contributed by atoms with Gasteiger partial charge < -0.3 is 24.8 Å². The van der Waals surface area contributed by atoms with E-state index in [9.17, 15) is 27.9 Å². The molecule has 0 spiro atoms. The second-order valence-electron chi connectivity index (χ2n) is 13.9. The molecule has 2 aromatic heterocycles. The van der Waals surface area contributed by atoms with Crippen LogP contribution in [0.2, 0.25) is 0 Å². The van der Waals surface area contributed by atoms with E-state index in [1.165, 1.54) is 17.0 Å². The van der Waals surface area contributed by atoms with Crippen LogP contribution in [0.1, 0.15) is 33.6 Å². The third kappa shape index (κ3) is 7.21. The number of carbonyl (C=O) groups excluding carboxylic acids is 2. The first-order valence-corrected chi connectivity index (χ1v) is 18.8. The molecule has 2 amide bonds. The summed E-state index contributed by atoms with van der Waals surface area (Å²) in [5.41, 5.74) is -0.372. The van der Waals surface area contributed by atoms with E-state index in [0.29, 0.717) is 28.1 Å². The van der Waals surface area contributed by atoms with Crippen LogP contribution in [0.5, 0.6) is 11.5 Å². The number of likely N-dealkylation sites (tertiary alicyclic amines) is 1. The van der Waals surface area contributed by atoms with Crippen molar-refractivity contribution in [2.75, 3.05) is 13.7 Å². The SMILES string of the molecule is C=C[C@H]1CC1(NC(=O)[C@@H]1C[C@@H](Oc2cc(-c3ccccc3)nc3cc(OC)ccc23)CN1C(=O)[C@@H](NS(=O)(=O)c1cccs1)C(C)(C)C)C(=O)O. The Morgan fingerprint density at radius 2 is 1.86 bits per heavy atom. The normalized spacial score (nSPS) is 22.3. The second-order valence-corrected chi connectivity index (χ2v) is 16.8. The van der Waals surface area contributed by atoms with E-state index in [0.717, 1.165) is 16.9 Å². The molecular weight excluding hydrogens is 693 g/mol. The number of carboxylic acids is 1. The molecule has 12 nitrogen and oxygen atoms in total. The Morgan fingerprint density at radius 1 is 1.12 bits per heavy atom. The van der Waals surface area contributed by atoms with E-state index in [4.69, 9.17) is 14.5 Å². The summed E-state index contributed by atoms with van der Waals surface area (Å²) in [6.07, 6.45) is 0.936. The van der Waals surface area contributed by atoms with Gasteiger partial charge in [0, 0.05) is 35.4 Å². The number of methoxy groups -OCH3 is 1. The van der Waals surface area contributed by atoms with Crippen molar-refractivity contribution in [3.63, 3.8) is 0 Å². The maximum atomic E-state index is 14.5. The largest absolute Gasteiger partial charge is 0.497 e. The molecule has 0 radical (unpaired) electrons. The van der Waals surface area contributed by atoms with Gasteiger partial charge in [-0.05, 0) is 35.4 Å². The number of benzene rings is 2. The maximum Gasteiger partial charge on any atom is 0.330 e. The number of hydrogen-bond acceptors (Lipinski definition) is 9. The molecule has 4 aromatic rings. The molecule has 3 heterocycles. The van der Waals surface area contributed by atoms with Gasteiger partial charge >= 0.3 is 5.97 Å². The van der Waals surface area contributed by atoms with Gasteiger partial charge in [0.2, 0.25) is 11.8 Å². The molecule has 268 valence electrons. The third-order valence-corrected chi connectivity index (χ3v) is 12.2. The molecule has 51 heavy (non-hydrogen) atoms. The molecule has 1 unspecified atom stereocenters. The Balaban J connectivity index is 1.37. The zero-order chi connectivity index (χ0) is 36.7. The fourth-order valence-corrected chi connectivity index (χ4v) is 8.83. The van der Waals surface area contributed by atoms with Crippen molar-refractivity contribution in [1.29, 1.82) is 0 Å². The number of carbonyl (C=O) groups is 3. The number of sulfonamides is 1. The molecule has 2 aromatic carbocycles. The summed E-state index contributed by atoms with van der Waals surface area (Å²) in [7, 11) is -2.53. The van der Waals surface area contributed by atoms with Crippen LogP contribution in [-0.2, 0) is 24.4 Å². The molecule has 1 aliphatic carbocycles. The molecule has 1 aliphatic heterocycles. The van der Waals surface area contributed by atoms with Gasteiger partial charge in [-0.1, -0.05) is 63.2 Å². The van der Waals surface area contributed by atoms with Crippen LogP contribution in [0, 0.1) is 11.3 Å². The number of aromatic nitrogens is 1. The molecular formula is C37H40N4O8S2. The van der Waals surface area contributed by atoms with Crippen molar-refractivity contribution >= 4 is 50.0 Å². The standard InChI is InChI=1S/C37H40N4O8S2/c1-6-23-20-37(23,35(44)45)39-33(42)29-18-25(21-41(29)34(43)32(36(2,3)4)40-51(46,47)31-13-10-16-50-31)49-30-19-27(22-11-8-7-9-12-22)38-28-17-24(48-5)14-15-26(28)30/h6-17,19,23,25,29,32,40H,1,18,20-21H2,2-5H3,(H,39,42)(H,44,45)/t23-,25+,29-,32+,37?/m0/s1. The molecule has 1 saturated heterocycles. The number of fused-ring (bicyclic) bond motifs is 1. The quantitative estimate of drug-likeness (QED) is 0.173. The summed E-state index contributed by atoms with van der Waals surface area (Å²) >= 11 is 1.02. The maximum absolute atomic E-state index is 14.5. The van der Waals surface area contributed by atoms with E-state index >= 15 is 0 Å². The molecule has 1 saturated carbocycles. The van der Waals surface area contributed by atoms with Crippen molar-refractivity contribution in [1.82, 2.24) is 19.9 Å². The van der Waals surface area contributed by atoms with E-state index in [2.05, 4.69) is 16.6 Å². The molecule has 2 aliphatic rings. The van der Waals surface area contributed by atoms with Gasteiger partial charge in [-0.15, -0.1) is 17.9 Å². The predicted octanol–water partition coefficient (Wildman–Crippen LogP) is 4.86. The van der Waals surface area contributed by atoms with Crippen LogP contribution < -0.4 is 19.5 Å². The zero-order valence-electron chi connectivity index (χ0n) is 28.7. The second kappa shape index (κ2) is 13.7. The number of hydrogen-bond donors (Lipinski definition) is 3. The van der Waals surface area contributed by atoms with Crippen molar-refractivity contribution in [3.05, 3.63) is 84.8 Å². The number of nitrogens with zero attached hydrogens (tertiary/aromatic N) is 2. The summed E-state index contributed by atoms with van der Waals surface area (Å²) in [5.74, 6) is -1.93. The van der Waals surface area contributed by atoms with E-state index in [1.54, 1.807) is 57.5 Å². The number of thiophene rings is 1. The van der Waals surface area contributed by atoms with Gasteiger partial charge in [0.25, 0.3) is 10.0 Å². The van der Waals surface area contributed by atoms with Crippen LogP contribution in [0.3, 0.4) is 0 Å². The Bertz CT molecular complexity index is 2080. The van der Waals surface area contributed by atoms with Crippen molar-refractivity contribution in [2.24, 2.45) is 11.3 Å². The monoisotopic (exact) mass is 732 g/mol. The molecule has 3 N–H and O–H groups in total. The Kier molecular flexibility index (Phi) is 9.70. The predicted molar refractivity (Wildman–Crippen MR) is 193 cm³/mol. The number of aliphatic carboxylic acids is 1. The molecule has 2 fully saturated rings. The number of rotatable bonds is 12. The average molecular weight is 733 g/mol. The number of ether oxygens (including phenoxy) is 2. The lowest BCUT2D eigenvalue weighted by molar-refractivity contribution is -0.146. The highest BCUT2D eigenvalue weighted by Gasteiger charge is 2.61. The minimum atomic E-state index is -4.09. The minimum Gasteiger partial charge on any atom is -0.497 e. The lowest BCUT2D eigenvalue weighted by Crippen LogP contribution is -2.59. The Hall–Kier alpha value is -4.79. The highest BCUT2D eigenvalue weighted by molar-refractivity contribution is 7.91. The first-order valence-electron chi connectivity index (χ1n) is 16.4. The molecule has 5 atom stereocenters. The number of nitrogens with one attached hydrogen (secondary N) is 2. The minimum absolute atomic E-state index is 0.0151. The van der Waals surface area contributed by atoms with Crippen molar-refractivity contribution < 1.29 is 37.4 Å². The van der Waals surface area contributed by atoms with Crippen LogP contribution in [-0.4, -0.2) is 78.6 Å². The summed E-state index contributed by atoms with van der Waals surface area (Å²) in [6, 6.07) is 17.4. The average Bonchev–Trinajstić information content (AvgIpc) is 3.40. The zero-order valence-corrected chi connectivity index (χ0v) is 30.3. The summed E-state index contributed by atoms with van der Waals surface area (Å²) in [6.45, 7) is 8.81. The summed E-state index contributed by atoms with van der Waals surface area (Å²) < 4.78 is 41.5. The summed E-state index contributed by atoms with van der Waals surface area (Å²) in [4.78, 5) is 47.0. The number of pyridine rings is 1. The van der Waals surface area contributed by atoms with Gasteiger partial charge in [-0.3, -0.25) is 9.59 Å². The van der Waals surface area contributed by atoms with Gasteiger partial charge in [-0.25, -0.2) is 18.2 Å². The number of amides is 2. The third-order valence-electron chi connectivity index (χ3n) is 9.36. The van der Waals surface area contributed by atoms with Gasteiger partial charge in [0.1, 0.15) is 39.4 Å². The molecule has 0 bridgehead atoms. The van der Waals surface area contributed by atoms with Crippen LogP contribution in [0.25, 0.3) is 22.2 Å². The number of carboxylic acid groups (broad SMARTS) is 1. The van der Waals surface area contributed by atoms with Crippen molar-refractivity contribution in [3.8, 4) is 22.8 Å². The fraction of sp³-hybridized carbons (Fsp3) is 0.351. The lowest BCUT2D eigenvalue weighted by atomic mass is 9.86. The van der Waals surface area contributed by atoms with Gasteiger partial charge in [-0.2, -0.15) is 4.72 Å². The van der Waals surface area contributed by atoms with E-state index in [-0.39, 0.29) is 23.6 Å². The van der Waals surface area contributed by atoms with Crippen LogP contribution in [0.15, 0.2) is 89.0 Å². The van der Waals surface area contributed by atoms with E-state index < -0.39 is 62.9 Å². The molecule has 14 heteroatoms. The Morgan fingerprint density at radius 3 is 2.47 bits per heavy atom. The topological polar surface area (TPSA) is 164 Å². The van der Waals surface area contributed by atoms with Crippen LogP contribution >= 0.6 is 11.3 Å². The van der Waals surface area contributed by atoms with E-state index in [1.807, 2.05) is 36.4 Å². The lowest BCUT2D eigenvalue weighted by Gasteiger charge is -2.35. The molecule has 6 rings (SSSR count). The Labute approximate surface area is 300 Å². The highest BCUT2D eigenvalue weighted by atomic mass is 32.2. The van der Waals surface area contributed by atoms with Crippen molar-refractivity contribution in [2.45, 2.75) is 61.5 Å². The van der Waals surface area contributed by atoms with Crippen LogP contribution in [0.4, 0.5) is 0 Å². The fourth-order valence-electron chi connectivity index (χ4n) is 6.42. The smallest absolute Gasteiger partial charge is 0.330 e. The highest BCUT2D eigenvalue weighted by Crippen LogP contribution is 2.45. The summed E-state index contributed by atoms with van der Waals surface area (Å²) in [5, 5.41) is 15.0. The van der Waals surface area contributed by atoms with Gasteiger partial charge in [0.15, 0.2) is 0 Å². The van der Waals surface area contributed by atoms with Gasteiger partial charge in [0.05, 0.1) is 24.9 Å². The first-order chi connectivity index (χ1) is 24.2. The first kappa shape index (κ1) is 36.0.